The third-order valence-corrected chi connectivity index (χ3v) is 1.85. The summed E-state index contributed by atoms with van der Waals surface area (Å²) in [7, 11) is 2.45. The van der Waals surface area contributed by atoms with Gasteiger partial charge in [0.2, 0.25) is 0 Å². The van der Waals surface area contributed by atoms with Crippen molar-refractivity contribution in [3.63, 3.8) is 0 Å². The van der Waals surface area contributed by atoms with Gasteiger partial charge in [-0.1, -0.05) is 0 Å². The van der Waals surface area contributed by atoms with E-state index >= 15 is 0 Å². The first-order valence-electron chi connectivity index (χ1n) is 5.52. The molecule has 22 heavy (non-hydrogen) atoms. The highest BCUT2D eigenvalue weighted by Crippen LogP contribution is 2.13. The van der Waals surface area contributed by atoms with Gasteiger partial charge in [-0.05, 0) is 0 Å². The zero-order valence-electron chi connectivity index (χ0n) is 11.8. The molecule has 0 aromatic heterocycles. The molecule has 0 aromatic carbocycles. The van der Waals surface area contributed by atoms with E-state index in [0.717, 1.165) is 0 Å². The standard InChI is InChI=1S/C8H16N2O5.C2HF3O2/c1-13-7(11)5(9)3-15-4-6(10)8(12)14-2;3-2(4,5)1(6)7/h5-6H,3-4,9-10H2,1-2H3;(H,6,7)/t5-,6-;/m0./s1. The van der Waals surface area contributed by atoms with Gasteiger partial charge in [0, 0.05) is 0 Å². The van der Waals surface area contributed by atoms with E-state index in [4.69, 9.17) is 26.1 Å². The van der Waals surface area contributed by atoms with Crippen LogP contribution < -0.4 is 11.5 Å². The quantitative estimate of drug-likeness (QED) is 0.500. The average Bonchev–Trinajstić information content (AvgIpc) is 2.44. The van der Waals surface area contributed by atoms with Gasteiger partial charge in [-0.2, -0.15) is 13.2 Å². The fourth-order valence-corrected chi connectivity index (χ4v) is 0.761. The van der Waals surface area contributed by atoms with E-state index in [9.17, 15) is 22.8 Å². The number of methoxy groups -OCH3 is 2. The molecule has 0 aliphatic heterocycles. The Labute approximate surface area is 123 Å². The van der Waals surface area contributed by atoms with Crippen molar-refractivity contribution in [1.82, 2.24) is 0 Å². The van der Waals surface area contributed by atoms with Crippen molar-refractivity contribution in [3.8, 4) is 0 Å². The monoisotopic (exact) mass is 334 g/mol. The van der Waals surface area contributed by atoms with Crippen molar-refractivity contribution >= 4 is 17.9 Å². The van der Waals surface area contributed by atoms with E-state index in [1.165, 1.54) is 14.2 Å². The van der Waals surface area contributed by atoms with Crippen LogP contribution in [0.3, 0.4) is 0 Å². The van der Waals surface area contributed by atoms with Crippen molar-refractivity contribution < 1.29 is 46.9 Å². The van der Waals surface area contributed by atoms with Crippen LogP contribution in [0.5, 0.6) is 0 Å². The van der Waals surface area contributed by atoms with Crippen LogP contribution in [0.25, 0.3) is 0 Å². The molecule has 0 heterocycles. The average molecular weight is 334 g/mol. The molecule has 12 heteroatoms. The lowest BCUT2D eigenvalue weighted by molar-refractivity contribution is -0.192. The fraction of sp³-hybridized carbons (Fsp3) is 0.700. The summed E-state index contributed by atoms with van der Waals surface area (Å²) in [5.41, 5.74) is 10.7. The molecule has 0 aliphatic rings. The number of ether oxygens (including phenoxy) is 3. The molecule has 0 saturated carbocycles. The van der Waals surface area contributed by atoms with E-state index in [2.05, 4.69) is 9.47 Å². The lowest BCUT2D eigenvalue weighted by Gasteiger charge is -2.12. The molecule has 0 saturated heterocycles. The van der Waals surface area contributed by atoms with E-state index in [0.29, 0.717) is 0 Å². The SMILES string of the molecule is COC(=O)[C@@H](N)COC[C@H](N)C(=O)OC.O=C(O)C(F)(F)F. The maximum Gasteiger partial charge on any atom is 0.490 e. The number of alkyl halides is 3. The number of esters is 2. The molecular formula is C10H17F3N2O7. The molecule has 2 atom stereocenters. The molecule has 0 radical (unpaired) electrons. The lowest BCUT2D eigenvalue weighted by atomic mass is 10.3. The topological polar surface area (TPSA) is 151 Å². The van der Waals surface area contributed by atoms with Crippen molar-refractivity contribution in [2.24, 2.45) is 11.5 Å². The molecular weight excluding hydrogens is 317 g/mol. The molecule has 0 unspecified atom stereocenters. The summed E-state index contributed by atoms with van der Waals surface area (Å²) in [5, 5.41) is 7.12. The van der Waals surface area contributed by atoms with E-state index in [1.807, 2.05) is 0 Å². The Bertz CT molecular complexity index is 354. The number of halogens is 3. The van der Waals surface area contributed by atoms with Crippen LogP contribution >= 0.6 is 0 Å². The van der Waals surface area contributed by atoms with Gasteiger partial charge in [-0.25, -0.2) is 4.79 Å². The number of carboxylic acid groups (broad SMARTS) is 1. The first-order chi connectivity index (χ1) is 9.97. The summed E-state index contributed by atoms with van der Waals surface area (Å²) in [6.07, 6.45) is -5.08. The van der Waals surface area contributed by atoms with Crippen LogP contribution in [-0.2, 0) is 28.6 Å². The predicted octanol–water partition coefficient (Wildman–Crippen LogP) is -1.36. The summed E-state index contributed by atoms with van der Waals surface area (Å²) in [6, 6.07) is -1.75. The van der Waals surface area contributed by atoms with Crippen LogP contribution in [0.2, 0.25) is 0 Å². The summed E-state index contributed by atoms with van der Waals surface area (Å²) in [4.78, 5) is 30.6. The van der Waals surface area contributed by atoms with Crippen LogP contribution in [0.4, 0.5) is 13.2 Å². The predicted molar refractivity (Wildman–Crippen MR) is 64.5 cm³/mol. The highest BCUT2D eigenvalue weighted by molar-refractivity contribution is 5.76. The number of carbonyl (C=O) groups excluding carboxylic acids is 2. The fourth-order valence-electron chi connectivity index (χ4n) is 0.761. The molecule has 0 fully saturated rings. The Balaban J connectivity index is 0. The molecule has 0 amide bonds. The minimum atomic E-state index is -5.08. The van der Waals surface area contributed by atoms with Crippen LogP contribution in [0.1, 0.15) is 0 Å². The number of nitrogens with two attached hydrogens (primary N) is 2. The second-order valence-corrected chi connectivity index (χ2v) is 3.60. The first-order valence-corrected chi connectivity index (χ1v) is 5.52. The van der Waals surface area contributed by atoms with Gasteiger partial charge in [-0.3, -0.25) is 9.59 Å². The number of rotatable bonds is 6. The molecule has 0 rings (SSSR count). The molecule has 0 bridgehead atoms. The Morgan fingerprint density at radius 1 is 1.00 bits per heavy atom. The summed E-state index contributed by atoms with van der Waals surface area (Å²) < 4.78 is 45.4. The largest absolute Gasteiger partial charge is 0.490 e. The molecule has 0 spiro atoms. The molecule has 5 N–H and O–H groups in total. The first kappa shape index (κ1) is 22.4. The summed E-state index contributed by atoms with van der Waals surface area (Å²) in [6.45, 7) is -0.116. The van der Waals surface area contributed by atoms with Crippen molar-refractivity contribution in [1.29, 1.82) is 0 Å². The third-order valence-electron chi connectivity index (χ3n) is 1.85. The zero-order chi connectivity index (χ0) is 17.9. The van der Waals surface area contributed by atoms with E-state index in [1.54, 1.807) is 0 Å². The van der Waals surface area contributed by atoms with Gasteiger partial charge in [0.1, 0.15) is 12.1 Å². The van der Waals surface area contributed by atoms with Crippen LogP contribution in [-0.4, -0.2) is 68.7 Å². The minimum absolute atomic E-state index is 0.0582. The number of carbonyl (C=O) groups is 3. The second-order valence-electron chi connectivity index (χ2n) is 3.60. The number of hydrogen-bond donors (Lipinski definition) is 3. The van der Waals surface area contributed by atoms with E-state index in [-0.39, 0.29) is 13.2 Å². The van der Waals surface area contributed by atoms with Crippen molar-refractivity contribution in [2.45, 2.75) is 18.3 Å². The minimum Gasteiger partial charge on any atom is -0.475 e. The Hall–Kier alpha value is -1.92. The van der Waals surface area contributed by atoms with Crippen LogP contribution in [0, 0.1) is 0 Å². The lowest BCUT2D eigenvalue weighted by Crippen LogP contribution is -2.40. The van der Waals surface area contributed by atoms with Gasteiger partial charge in [0.05, 0.1) is 27.4 Å². The summed E-state index contributed by atoms with van der Waals surface area (Å²) >= 11 is 0. The zero-order valence-corrected chi connectivity index (χ0v) is 11.8. The number of carboxylic acids is 1. The highest BCUT2D eigenvalue weighted by Gasteiger charge is 2.38. The molecule has 0 aromatic rings. The van der Waals surface area contributed by atoms with Gasteiger partial charge in [0.15, 0.2) is 0 Å². The van der Waals surface area contributed by atoms with Gasteiger partial charge in [0.25, 0.3) is 0 Å². The normalized spacial score (nSPS) is 13.2. The number of aliphatic carboxylic acids is 1. The third kappa shape index (κ3) is 10.8. The second kappa shape index (κ2) is 10.8. The van der Waals surface area contributed by atoms with Gasteiger partial charge < -0.3 is 30.8 Å². The van der Waals surface area contributed by atoms with Gasteiger partial charge >= 0.3 is 24.1 Å². The van der Waals surface area contributed by atoms with Crippen molar-refractivity contribution in [3.05, 3.63) is 0 Å². The maximum absolute atomic E-state index is 10.8. The number of hydrogen-bond acceptors (Lipinski definition) is 8. The Morgan fingerprint density at radius 2 is 1.27 bits per heavy atom. The molecule has 130 valence electrons. The maximum atomic E-state index is 10.8. The van der Waals surface area contributed by atoms with Gasteiger partial charge in [-0.15, -0.1) is 0 Å². The Morgan fingerprint density at radius 3 is 1.45 bits per heavy atom. The van der Waals surface area contributed by atoms with Crippen molar-refractivity contribution in [2.75, 3.05) is 27.4 Å². The molecule has 9 nitrogen and oxygen atoms in total. The van der Waals surface area contributed by atoms with Crippen LogP contribution in [0.15, 0.2) is 0 Å². The highest BCUT2D eigenvalue weighted by atomic mass is 19.4. The van der Waals surface area contributed by atoms with E-state index < -0.39 is 36.2 Å². The Kier molecular flexibility index (Phi) is 10.9. The summed E-state index contributed by atoms with van der Waals surface area (Å²) in [5.74, 6) is -3.92. The smallest absolute Gasteiger partial charge is 0.475 e. The molecule has 0 aliphatic carbocycles.